The second-order valence-corrected chi connectivity index (χ2v) is 5.75. The zero-order valence-electron chi connectivity index (χ0n) is 9.17. The first kappa shape index (κ1) is 12.5. The highest BCUT2D eigenvalue weighted by Crippen LogP contribution is 2.18. The first-order valence-corrected chi connectivity index (χ1v) is 5.87. The molecule has 1 radical (unpaired) electrons. The summed E-state index contributed by atoms with van der Waals surface area (Å²) < 4.78 is 1.16. The molecule has 1 aromatic rings. The molecule has 0 aliphatic carbocycles. The Morgan fingerprint density at radius 3 is 2.27 bits per heavy atom. The van der Waals surface area contributed by atoms with E-state index in [-0.39, 0.29) is 11.3 Å². The van der Waals surface area contributed by atoms with Gasteiger partial charge in [-0.1, -0.05) is 20.8 Å². The standard InChI is InChI=1S/C12H15INO/c1-12(2,3)8-11(15)14-10-6-4-9(13)5-7-10/h4-8H,1-3H3,(H,14,15). The van der Waals surface area contributed by atoms with Crippen molar-refractivity contribution in [3.63, 3.8) is 0 Å². The van der Waals surface area contributed by atoms with Crippen LogP contribution in [0.5, 0.6) is 0 Å². The van der Waals surface area contributed by atoms with Gasteiger partial charge in [0.2, 0.25) is 5.91 Å². The van der Waals surface area contributed by atoms with Crippen LogP contribution in [0.25, 0.3) is 0 Å². The molecule has 2 nitrogen and oxygen atoms in total. The summed E-state index contributed by atoms with van der Waals surface area (Å²) in [5.41, 5.74) is 0.744. The van der Waals surface area contributed by atoms with Gasteiger partial charge in [0.1, 0.15) is 0 Å². The van der Waals surface area contributed by atoms with Gasteiger partial charge in [-0.25, -0.2) is 0 Å². The molecule has 3 heteroatoms. The molecule has 0 aliphatic rings. The minimum atomic E-state index is -0.0900. The molecule has 15 heavy (non-hydrogen) atoms. The summed E-state index contributed by atoms with van der Waals surface area (Å²) in [5.74, 6) is -0.0521. The van der Waals surface area contributed by atoms with E-state index in [9.17, 15) is 4.79 Å². The predicted octanol–water partition coefficient (Wildman–Crippen LogP) is 3.48. The highest BCUT2D eigenvalue weighted by Gasteiger charge is 2.16. The van der Waals surface area contributed by atoms with Gasteiger partial charge in [0.15, 0.2) is 0 Å². The number of benzene rings is 1. The van der Waals surface area contributed by atoms with E-state index < -0.39 is 0 Å². The maximum absolute atomic E-state index is 11.5. The van der Waals surface area contributed by atoms with Crippen molar-refractivity contribution in [2.24, 2.45) is 5.41 Å². The van der Waals surface area contributed by atoms with Gasteiger partial charge in [-0.2, -0.15) is 0 Å². The van der Waals surface area contributed by atoms with Crippen LogP contribution in [0.4, 0.5) is 5.69 Å². The number of amides is 1. The molecule has 0 atom stereocenters. The van der Waals surface area contributed by atoms with Gasteiger partial charge in [0.05, 0.1) is 6.42 Å². The van der Waals surface area contributed by atoms with Gasteiger partial charge in [-0.3, -0.25) is 4.79 Å². The Hall–Kier alpha value is -0.580. The van der Waals surface area contributed by atoms with Crippen LogP contribution in [0.3, 0.4) is 0 Å². The quantitative estimate of drug-likeness (QED) is 0.832. The van der Waals surface area contributed by atoms with Crippen LogP contribution in [0, 0.1) is 15.4 Å². The summed E-state index contributed by atoms with van der Waals surface area (Å²) in [7, 11) is 0. The lowest BCUT2D eigenvalue weighted by Crippen LogP contribution is -2.20. The zero-order chi connectivity index (χ0) is 11.5. The maximum Gasteiger partial charge on any atom is 0.228 e. The Morgan fingerprint density at radius 2 is 1.80 bits per heavy atom. The average molecular weight is 316 g/mol. The van der Waals surface area contributed by atoms with E-state index >= 15 is 0 Å². The molecule has 0 aromatic heterocycles. The predicted molar refractivity (Wildman–Crippen MR) is 71.5 cm³/mol. The Kier molecular flexibility index (Phi) is 4.13. The van der Waals surface area contributed by atoms with Gasteiger partial charge >= 0.3 is 0 Å². The molecule has 0 bridgehead atoms. The maximum atomic E-state index is 11.5. The summed E-state index contributed by atoms with van der Waals surface area (Å²) in [5, 5.41) is 2.83. The summed E-state index contributed by atoms with van der Waals surface area (Å²) in [6, 6.07) is 7.73. The van der Waals surface area contributed by atoms with Gasteiger partial charge in [0, 0.05) is 9.26 Å². The number of nitrogens with one attached hydrogen (secondary N) is 1. The lowest BCUT2D eigenvalue weighted by molar-refractivity contribution is -0.114. The molecule has 1 N–H and O–H groups in total. The number of hydrogen-bond donors (Lipinski definition) is 1. The van der Waals surface area contributed by atoms with Crippen molar-refractivity contribution < 1.29 is 4.79 Å². The van der Waals surface area contributed by atoms with Gasteiger partial charge < -0.3 is 5.32 Å². The Bertz CT molecular complexity index is 338. The minimum absolute atomic E-state index is 0.0521. The number of carbonyl (C=O) groups excluding carboxylic acids is 1. The van der Waals surface area contributed by atoms with Crippen molar-refractivity contribution in [2.75, 3.05) is 5.32 Å². The Balaban J connectivity index is 2.55. The van der Waals surface area contributed by atoms with E-state index in [0.717, 1.165) is 9.26 Å². The molecule has 0 heterocycles. The molecule has 0 fully saturated rings. The number of halogens is 1. The van der Waals surface area contributed by atoms with Crippen LogP contribution in [0.1, 0.15) is 20.8 Å². The summed E-state index contributed by atoms with van der Waals surface area (Å²) in [6.07, 6.45) is 1.69. The van der Waals surface area contributed by atoms with Crippen LogP contribution in [-0.4, -0.2) is 5.91 Å². The molecule has 0 aliphatic heterocycles. The Morgan fingerprint density at radius 1 is 1.27 bits per heavy atom. The fraction of sp³-hybridized carbons (Fsp3) is 0.333. The fourth-order valence-electron chi connectivity index (χ4n) is 1.10. The van der Waals surface area contributed by atoms with E-state index in [4.69, 9.17) is 0 Å². The summed E-state index contributed by atoms with van der Waals surface area (Å²) in [6.45, 7) is 6.00. The largest absolute Gasteiger partial charge is 0.326 e. The van der Waals surface area contributed by atoms with Crippen LogP contribution in [0.2, 0.25) is 0 Å². The van der Waals surface area contributed by atoms with Crippen LogP contribution < -0.4 is 5.32 Å². The number of anilines is 1. The highest BCUT2D eigenvalue weighted by molar-refractivity contribution is 14.1. The molecule has 1 rings (SSSR count). The molecule has 0 saturated carbocycles. The number of hydrogen-bond acceptors (Lipinski definition) is 1. The number of rotatable bonds is 2. The first-order chi connectivity index (χ1) is 6.87. The van der Waals surface area contributed by atoms with E-state index in [0.29, 0.717) is 0 Å². The van der Waals surface area contributed by atoms with Gasteiger partial charge in [-0.15, -0.1) is 0 Å². The SMILES string of the molecule is CC(C)(C)[CH]C(=O)Nc1ccc(I)cc1. The zero-order valence-corrected chi connectivity index (χ0v) is 11.3. The van der Waals surface area contributed by atoms with E-state index in [2.05, 4.69) is 27.9 Å². The monoisotopic (exact) mass is 316 g/mol. The van der Waals surface area contributed by atoms with E-state index in [1.165, 1.54) is 0 Å². The van der Waals surface area contributed by atoms with E-state index in [1.54, 1.807) is 6.42 Å². The average Bonchev–Trinajstić information content (AvgIpc) is 2.05. The lowest BCUT2D eigenvalue weighted by atomic mass is 9.92. The van der Waals surface area contributed by atoms with Crippen LogP contribution >= 0.6 is 22.6 Å². The molecule has 81 valence electrons. The second kappa shape index (κ2) is 4.96. The summed E-state index contributed by atoms with van der Waals surface area (Å²) in [4.78, 5) is 11.5. The number of carbonyl (C=O) groups is 1. The molecule has 1 aromatic carbocycles. The molecular weight excluding hydrogens is 301 g/mol. The molecule has 0 saturated heterocycles. The van der Waals surface area contributed by atoms with Gasteiger partial charge in [0.25, 0.3) is 0 Å². The molecule has 0 spiro atoms. The normalized spacial score (nSPS) is 11.2. The van der Waals surface area contributed by atoms with Crippen molar-refractivity contribution >= 4 is 34.2 Å². The third kappa shape index (κ3) is 5.16. The second-order valence-electron chi connectivity index (χ2n) is 4.51. The molecular formula is C12H15INO. The smallest absolute Gasteiger partial charge is 0.228 e. The minimum Gasteiger partial charge on any atom is -0.326 e. The third-order valence-electron chi connectivity index (χ3n) is 1.68. The fourth-order valence-corrected chi connectivity index (χ4v) is 1.46. The third-order valence-corrected chi connectivity index (χ3v) is 2.40. The van der Waals surface area contributed by atoms with Crippen molar-refractivity contribution in [3.8, 4) is 0 Å². The van der Waals surface area contributed by atoms with Crippen molar-refractivity contribution in [1.82, 2.24) is 0 Å². The van der Waals surface area contributed by atoms with Gasteiger partial charge in [-0.05, 0) is 52.3 Å². The van der Waals surface area contributed by atoms with Crippen LogP contribution in [0.15, 0.2) is 24.3 Å². The van der Waals surface area contributed by atoms with Crippen LogP contribution in [-0.2, 0) is 4.79 Å². The Labute approximate surface area is 105 Å². The topological polar surface area (TPSA) is 29.1 Å². The summed E-state index contributed by atoms with van der Waals surface area (Å²) >= 11 is 2.23. The van der Waals surface area contributed by atoms with E-state index in [1.807, 2.05) is 45.0 Å². The van der Waals surface area contributed by atoms with Crippen molar-refractivity contribution in [1.29, 1.82) is 0 Å². The molecule has 1 amide bonds. The van der Waals surface area contributed by atoms with Crippen molar-refractivity contribution in [2.45, 2.75) is 20.8 Å². The van der Waals surface area contributed by atoms with Crippen molar-refractivity contribution in [3.05, 3.63) is 34.3 Å². The molecule has 0 unspecified atom stereocenters. The first-order valence-electron chi connectivity index (χ1n) is 4.79. The highest BCUT2D eigenvalue weighted by atomic mass is 127. The lowest BCUT2D eigenvalue weighted by Gasteiger charge is -2.16.